The minimum atomic E-state index is 0.555. The van der Waals surface area contributed by atoms with E-state index in [4.69, 9.17) is 11.6 Å². The maximum Gasteiger partial charge on any atom is 0.0377 e. The summed E-state index contributed by atoms with van der Waals surface area (Å²) in [6, 6.07) is 1.29. The number of alkyl halides is 1. The van der Waals surface area contributed by atoms with Gasteiger partial charge < -0.3 is 0 Å². The summed E-state index contributed by atoms with van der Waals surface area (Å²) in [5.74, 6) is 0.768. The normalized spacial score (nSPS) is 29.8. The lowest BCUT2D eigenvalue weighted by Crippen LogP contribution is -2.40. The fourth-order valence-corrected chi connectivity index (χ4v) is 2.22. The van der Waals surface area contributed by atoms with Gasteiger partial charge in [-0.25, -0.2) is 0 Å². The van der Waals surface area contributed by atoms with E-state index in [9.17, 15) is 0 Å². The molecule has 0 amide bonds. The fraction of sp³-hybridized carbons (Fsp3) is 1.00. The standard InChI is InChI=1S/C10H20ClN/c1-9-6-4-3-5-7-12(9)10(2)8-11/h9-10H,3-8H2,1-2H3. The zero-order valence-corrected chi connectivity index (χ0v) is 8.98. The molecule has 1 heterocycles. The van der Waals surface area contributed by atoms with Crippen molar-refractivity contribution in [2.24, 2.45) is 0 Å². The van der Waals surface area contributed by atoms with E-state index in [1.807, 2.05) is 0 Å². The van der Waals surface area contributed by atoms with Crippen molar-refractivity contribution >= 4 is 11.6 Å². The van der Waals surface area contributed by atoms with Crippen LogP contribution in [-0.2, 0) is 0 Å². The quantitative estimate of drug-likeness (QED) is 0.604. The molecule has 0 N–H and O–H groups in total. The van der Waals surface area contributed by atoms with Crippen LogP contribution < -0.4 is 0 Å². The highest BCUT2D eigenvalue weighted by atomic mass is 35.5. The van der Waals surface area contributed by atoms with Gasteiger partial charge >= 0.3 is 0 Å². The lowest BCUT2D eigenvalue weighted by Gasteiger charge is -2.31. The van der Waals surface area contributed by atoms with Crippen molar-refractivity contribution in [2.75, 3.05) is 12.4 Å². The lowest BCUT2D eigenvalue weighted by atomic mass is 10.1. The first-order valence-corrected chi connectivity index (χ1v) is 5.61. The van der Waals surface area contributed by atoms with Crippen LogP contribution in [0.5, 0.6) is 0 Å². The predicted molar refractivity (Wildman–Crippen MR) is 54.8 cm³/mol. The summed E-state index contributed by atoms with van der Waals surface area (Å²) in [4.78, 5) is 2.56. The summed E-state index contributed by atoms with van der Waals surface area (Å²) < 4.78 is 0. The fourth-order valence-electron chi connectivity index (χ4n) is 2.04. The van der Waals surface area contributed by atoms with Gasteiger partial charge in [0.05, 0.1) is 0 Å². The summed E-state index contributed by atoms with van der Waals surface area (Å²) in [5.41, 5.74) is 0. The number of halogens is 1. The van der Waals surface area contributed by atoms with E-state index in [1.165, 1.54) is 32.2 Å². The second kappa shape index (κ2) is 5.08. The predicted octanol–water partition coefficient (Wildman–Crippen LogP) is 2.88. The summed E-state index contributed by atoms with van der Waals surface area (Å²) >= 11 is 5.86. The monoisotopic (exact) mass is 189 g/mol. The van der Waals surface area contributed by atoms with Crippen LogP contribution >= 0.6 is 11.6 Å². The van der Waals surface area contributed by atoms with Crippen molar-refractivity contribution in [1.29, 1.82) is 0 Å². The van der Waals surface area contributed by atoms with E-state index < -0.39 is 0 Å². The van der Waals surface area contributed by atoms with Gasteiger partial charge in [-0.1, -0.05) is 12.8 Å². The average Bonchev–Trinajstić information content (AvgIpc) is 2.28. The Morgan fingerprint density at radius 3 is 2.83 bits per heavy atom. The zero-order valence-electron chi connectivity index (χ0n) is 8.22. The molecule has 72 valence electrons. The molecular weight excluding hydrogens is 170 g/mol. The summed E-state index contributed by atoms with van der Waals surface area (Å²) in [6.45, 7) is 5.80. The molecule has 1 aliphatic rings. The SMILES string of the molecule is CC(CCl)N1CCCCCC1C. The van der Waals surface area contributed by atoms with Gasteiger partial charge in [0.1, 0.15) is 0 Å². The Hall–Kier alpha value is 0.250. The minimum absolute atomic E-state index is 0.555. The van der Waals surface area contributed by atoms with E-state index in [0.717, 1.165) is 11.9 Å². The Kier molecular flexibility index (Phi) is 4.38. The summed E-state index contributed by atoms with van der Waals surface area (Å²) in [7, 11) is 0. The van der Waals surface area contributed by atoms with Crippen molar-refractivity contribution < 1.29 is 0 Å². The maximum absolute atomic E-state index is 5.86. The van der Waals surface area contributed by atoms with Crippen molar-refractivity contribution in [3.05, 3.63) is 0 Å². The van der Waals surface area contributed by atoms with E-state index in [0.29, 0.717) is 6.04 Å². The third-order valence-electron chi connectivity index (χ3n) is 2.89. The van der Waals surface area contributed by atoms with E-state index in [-0.39, 0.29) is 0 Å². The van der Waals surface area contributed by atoms with E-state index in [2.05, 4.69) is 18.7 Å². The Labute approximate surface area is 81.1 Å². The van der Waals surface area contributed by atoms with Crippen LogP contribution in [0.2, 0.25) is 0 Å². The molecule has 2 heteroatoms. The molecule has 0 aliphatic carbocycles. The molecule has 0 spiro atoms. The van der Waals surface area contributed by atoms with Crippen LogP contribution in [-0.4, -0.2) is 29.4 Å². The van der Waals surface area contributed by atoms with Crippen molar-refractivity contribution in [2.45, 2.75) is 51.6 Å². The molecule has 12 heavy (non-hydrogen) atoms. The van der Waals surface area contributed by atoms with Gasteiger partial charge in [0, 0.05) is 18.0 Å². The second-order valence-corrected chi connectivity index (χ2v) is 4.25. The number of hydrogen-bond acceptors (Lipinski definition) is 1. The molecule has 0 aromatic heterocycles. The third kappa shape index (κ3) is 2.63. The Morgan fingerprint density at radius 2 is 2.17 bits per heavy atom. The van der Waals surface area contributed by atoms with Gasteiger partial charge in [0.15, 0.2) is 0 Å². The van der Waals surface area contributed by atoms with Crippen molar-refractivity contribution in [3.63, 3.8) is 0 Å². The molecule has 1 nitrogen and oxygen atoms in total. The van der Waals surface area contributed by atoms with E-state index in [1.54, 1.807) is 0 Å². The molecule has 0 aromatic rings. The second-order valence-electron chi connectivity index (χ2n) is 3.94. The van der Waals surface area contributed by atoms with Crippen LogP contribution in [0, 0.1) is 0 Å². The zero-order chi connectivity index (χ0) is 8.97. The molecule has 1 aliphatic heterocycles. The Bertz CT molecular complexity index is 127. The molecule has 0 saturated carbocycles. The molecule has 2 unspecified atom stereocenters. The van der Waals surface area contributed by atoms with Crippen molar-refractivity contribution in [3.8, 4) is 0 Å². The van der Waals surface area contributed by atoms with E-state index >= 15 is 0 Å². The van der Waals surface area contributed by atoms with Gasteiger partial charge in [-0.05, 0) is 33.2 Å². The third-order valence-corrected chi connectivity index (χ3v) is 3.34. The van der Waals surface area contributed by atoms with Crippen LogP contribution in [0.1, 0.15) is 39.5 Å². The van der Waals surface area contributed by atoms with Crippen LogP contribution in [0.3, 0.4) is 0 Å². The molecular formula is C10H20ClN. The first kappa shape index (κ1) is 10.3. The van der Waals surface area contributed by atoms with Crippen LogP contribution in [0.4, 0.5) is 0 Å². The lowest BCUT2D eigenvalue weighted by molar-refractivity contribution is 0.170. The maximum atomic E-state index is 5.86. The molecule has 1 rings (SSSR count). The van der Waals surface area contributed by atoms with Gasteiger partial charge in [-0.3, -0.25) is 4.90 Å². The molecule has 0 aromatic carbocycles. The molecule has 0 bridgehead atoms. The first-order valence-electron chi connectivity index (χ1n) is 5.07. The minimum Gasteiger partial charge on any atom is -0.297 e. The number of likely N-dealkylation sites (tertiary alicyclic amines) is 1. The molecule has 0 radical (unpaired) electrons. The highest BCUT2D eigenvalue weighted by molar-refractivity contribution is 6.18. The summed E-state index contributed by atoms with van der Waals surface area (Å²) in [6.07, 6.45) is 5.50. The van der Waals surface area contributed by atoms with Crippen LogP contribution in [0.15, 0.2) is 0 Å². The topological polar surface area (TPSA) is 3.24 Å². The highest BCUT2D eigenvalue weighted by Crippen LogP contribution is 2.18. The van der Waals surface area contributed by atoms with Gasteiger partial charge in [-0.2, -0.15) is 0 Å². The molecule has 1 saturated heterocycles. The molecule has 2 atom stereocenters. The van der Waals surface area contributed by atoms with Gasteiger partial charge in [0.25, 0.3) is 0 Å². The first-order chi connectivity index (χ1) is 5.75. The van der Waals surface area contributed by atoms with Gasteiger partial charge in [-0.15, -0.1) is 11.6 Å². The number of nitrogens with zero attached hydrogens (tertiary/aromatic N) is 1. The van der Waals surface area contributed by atoms with Crippen molar-refractivity contribution in [1.82, 2.24) is 4.90 Å². The van der Waals surface area contributed by atoms with Gasteiger partial charge in [0.2, 0.25) is 0 Å². The highest BCUT2D eigenvalue weighted by Gasteiger charge is 2.20. The Morgan fingerprint density at radius 1 is 1.42 bits per heavy atom. The number of rotatable bonds is 2. The molecule has 1 fully saturated rings. The summed E-state index contributed by atoms with van der Waals surface area (Å²) in [5, 5.41) is 0. The smallest absolute Gasteiger partial charge is 0.0377 e. The van der Waals surface area contributed by atoms with Crippen LogP contribution in [0.25, 0.3) is 0 Å². The average molecular weight is 190 g/mol. The Balaban J connectivity index is 2.46. The number of hydrogen-bond donors (Lipinski definition) is 0. The largest absolute Gasteiger partial charge is 0.297 e.